The number of aliphatic hydroxyl groups is 1. The van der Waals surface area contributed by atoms with Crippen LogP contribution in [0.25, 0.3) is 0 Å². The molecule has 0 aliphatic heterocycles. The summed E-state index contributed by atoms with van der Waals surface area (Å²) < 4.78 is 0. The lowest BCUT2D eigenvalue weighted by Crippen LogP contribution is -2.38. The topological polar surface area (TPSA) is 32.3 Å². The van der Waals surface area contributed by atoms with E-state index in [0.717, 1.165) is 18.5 Å². The van der Waals surface area contributed by atoms with Crippen LogP contribution in [-0.2, 0) is 0 Å². The van der Waals surface area contributed by atoms with Crippen LogP contribution < -0.4 is 5.32 Å². The molecule has 2 N–H and O–H groups in total. The SMILES string of the molecule is OC1(CNc2ccsc2)CCCCC1. The molecule has 2 nitrogen and oxygen atoms in total. The molecule has 1 heterocycles. The summed E-state index contributed by atoms with van der Waals surface area (Å²) in [4.78, 5) is 0. The predicted octanol–water partition coefficient (Wildman–Crippen LogP) is 2.86. The lowest BCUT2D eigenvalue weighted by molar-refractivity contribution is 0.0167. The summed E-state index contributed by atoms with van der Waals surface area (Å²) in [6, 6.07) is 2.05. The van der Waals surface area contributed by atoms with Crippen LogP contribution in [0.5, 0.6) is 0 Å². The monoisotopic (exact) mass is 211 g/mol. The fraction of sp³-hybridized carbons (Fsp3) is 0.636. The number of thiophene rings is 1. The van der Waals surface area contributed by atoms with Crippen LogP contribution in [0, 0.1) is 0 Å². The van der Waals surface area contributed by atoms with Gasteiger partial charge in [0.15, 0.2) is 0 Å². The average Bonchev–Trinajstić information content (AvgIpc) is 2.69. The molecule has 0 amide bonds. The third kappa shape index (κ3) is 2.49. The third-order valence-electron chi connectivity index (χ3n) is 2.93. The van der Waals surface area contributed by atoms with E-state index >= 15 is 0 Å². The molecule has 1 aliphatic rings. The minimum atomic E-state index is -0.458. The second-order valence-electron chi connectivity index (χ2n) is 4.15. The fourth-order valence-corrected chi connectivity index (χ4v) is 2.63. The van der Waals surface area contributed by atoms with Gasteiger partial charge in [-0.25, -0.2) is 0 Å². The first-order valence-electron chi connectivity index (χ1n) is 5.27. The Kier molecular flexibility index (Phi) is 3.08. The van der Waals surface area contributed by atoms with Gasteiger partial charge in [-0.15, -0.1) is 0 Å². The van der Waals surface area contributed by atoms with E-state index in [0.29, 0.717) is 6.54 Å². The van der Waals surface area contributed by atoms with Crippen molar-refractivity contribution in [3.63, 3.8) is 0 Å². The normalized spacial score (nSPS) is 20.6. The molecule has 0 spiro atoms. The quantitative estimate of drug-likeness (QED) is 0.805. The Morgan fingerprint density at radius 1 is 1.36 bits per heavy atom. The standard InChI is InChI=1S/C11H17NOS/c13-11(5-2-1-3-6-11)9-12-10-4-7-14-8-10/h4,7-8,12-13H,1-3,5-6,9H2. The van der Waals surface area contributed by atoms with Gasteiger partial charge >= 0.3 is 0 Å². The Labute approximate surface area is 89.0 Å². The summed E-state index contributed by atoms with van der Waals surface area (Å²) in [5.74, 6) is 0. The van der Waals surface area contributed by atoms with Gasteiger partial charge in [0.05, 0.1) is 5.60 Å². The molecule has 2 rings (SSSR count). The Morgan fingerprint density at radius 2 is 2.14 bits per heavy atom. The highest BCUT2D eigenvalue weighted by atomic mass is 32.1. The van der Waals surface area contributed by atoms with Gasteiger partial charge in [-0.1, -0.05) is 19.3 Å². The number of anilines is 1. The molecule has 0 radical (unpaired) electrons. The van der Waals surface area contributed by atoms with Gasteiger partial charge in [0.25, 0.3) is 0 Å². The summed E-state index contributed by atoms with van der Waals surface area (Å²) >= 11 is 1.68. The van der Waals surface area contributed by atoms with Crippen LogP contribution in [0.3, 0.4) is 0 Å². The van der Waals surface area contributed by atoms with Crippen molar-refractivity contribution < 1.29 is 5.11 Å². The highest BCUT2D eigenvalue weighted by molar-refractivity contribution is 7.08. The first-order valence-corrected chi connectivity index (χ1v) is 6.21. The third-order valence-corrected chi connectivity index (χ3v) is 3.61. The number of hydrogen-bond acceptors (Lipinski definition) is 3. The molecule has 78 valence electrons. The van der Waals surface area contributed by atoms with Gasteiger partial charge in [-0.05, 0) is 24.3 Å². The van der Waals surface area contributed by atoms with E-state index < -0.39 is 5.60 Å². The number of hydrogen-bond donors (Lipinski definition) is 2. The van der Waals surface area contributed by atoms with E-state index in [1.54, 1.807) is 11.3 Å². The Hall–Kier alpha value is -0.540. The highest BCUT2D eigenvalue weighted by Crippen LogP contribution is 2.28. The van der Waals surface area contributed by atoms with E-state index in [-0.39, 0.29) is 0 Å². The summed E-state index contributed by atoms with van der Waals surface area (Å²) in [7, 11) is 0. The molecular weight excluding hydrogens is 194 g/mol. The first kappa shape index (κ1) is 9.99. The van der Waals surface area contributed by atoms with Crippen molar-refractivity contribution in [3.8, 4) is 0 Å². The van der Waals surface area contributed by atoms with Crippen molar-refractivity contribution in [2.24, 2.45) is 0 Å². The minimum absolute atomic E-state index is 0.458. The van der Waals surface area contributed by atoms with Crippen LogP contribution in [-0.4, -0.2) is 17.3 Å². The molecule has 1 aromatic heterocycles. The van der Waals surface area contributed by atoms with Crippen molar-refractivity contribution in [1.82, 2.24) is 0 Å². The minimum Gasteiger partial charge on any atom is -0.388 e. The van der Waals surface area contributed by atoms with Crippen LogP contribution in [0.2, 0.25) is 0 Å². The number of nitrogens with one attached hydrogen (secondary N) is 1. The van der Waals surface area contributed by atoms with Gasteiger partial charge < -0.3 is 10.4 Å². The zero-order valence-corrected chi connectivity index (χ0v) is 9.15. The maximum absolute atomic E-state index is 10.2. The summed E-state index contributed by atoms with van der Waals surface area (Å²) in [6.45, 7) is 0.698. The van der Waals surface area contributed by atoms with Crippen molar-refractivity contribution in [3.05, 3.63) is 16.8 Å². The molecule has 0 unspecified atom stereocenters. The molecule has 1 fully saturated rings. The van der Waals surface area contributed by atoms with Gasteiger partial charge in [-0.2, -0.15) is 11.3 Å². The van der Waals surface area contributed by atoms with Crippen LogP contribution in [0.15, 0.2) is 16.8 Å². The molecule has 0 bridgehead atoms. The largest absolute Gasteiger partial charge is 0.388 e. The van der Waals surface area contributed by atoms with Crippen molar-refractivity contribution in [2.45, 2.75) is 37.7 Å². The van der Waals surface area contributed by atoms with E-state index in [4.69, 9.17) is 0 Å². The summed E-state index contributed by atoms with van der Waals surface area (Å²) in [6.07, 6.45) is 5.51. The van der Waals surface area contributed by atoms with Crippen molar-refractivity contribution in [2.75, 3.05) is 11.9 Å². The zero-order chi connectivity index (χ0) is 9.86. The molecule has 1 saturated carbocycles. The lowest BCUT2D eigenvalue weighted by Gasteiger charge is -2.32. The number of rotatable bonds is 3. The maximum Gasteiger partial charge on any atom is 0.0819 e. The van der Waals surface area contributed by atoms with Gasteiger partial charge in [-0.3, -0.25) is 0 Å². The van der Waals surface area contributed by atoms with E-state index in [1.165, 1.54) is 19.3 Å². The second-order valence-corrected chi connectivity index (χ2v) is 4.93. The molecular formula is C11H17NOS. The zero-order valence-electron chi connectivity index (χ0n) is 8.33. The van der Waals surface area contributed by atoms with Crippen molar-refractivity contribution >= 4 is 17.0 Å². The highest BCUT2D eigenvalue weighted by Gasteiger charge is 2.28. The van der Waals surface area contributed by atoms with E-state index in [2.05, 4.69) is 16.8 Å². The molecule has 0 saturated heterocycles. The average molecular weight is 211 g/mol. The van der Waals surface area contributed by atoms with E-state index in [9.17, 15) is 5.11 Å². The van der Waals surface area contributed by atoms with Gasteiger partial charge in [0.1, 0.15) is 0 Å². The van der Waals surface area contributed by atoms with Crippen LogP contribution in [0.1, 0.15) is 32.1 Å². The Morgan fingerprint density at radius 3 is 2.79 bits per heavy atom. The van der Waals surface area contributed by atoms with Gasteiger partial charge in [0.2, 0.25) is 0 Å². The first-order chi connectivity index (χ1) is 6.79. The summed E-state index contributed by atoms with van der Waals surface area (Å²) in [5.41, 5.74) is 0.675. The Bertz CT molecular complexity index is 265. The maximum atomic E-state index is 10.2. The van der Waals surface area contributed by atoms with Gasteiger partial charge in [0, 0.05) is 17.6 Å². The molecule has 0 atom stereocenters. The van der Waals surface area contributed by atoms with Crippen molar-refractivity contribution in [1.29, 1.82) is 0 Å². The molecule has 14 heavy (non-hydrogen) atoms. The predicted molar refractivity (Wildman–Crippen MR) is 60.8 cm³/mol. The summed E-state index contributed by atoms with van der Waals surface area (Å²) in [5, 5.41) is 17.6. The molecule has 3 heteroatoms. The Balaban J connectivity index is 1.84. The molecule has 0 aromatic carbocycles. The fourth-order valence-electron chi connectivity index (χ4n) is 2.02. The van der Waals surface area contributed by atoms with Crippen LogP contribution in [0.4, 0.5) is 5.69 Å². The lowest BCUT2D eigenvalue weighted by atomic mass is 9.85. The smallest absolute Gasteiger partial charge is 0.0819 e. The molecule has 1 aromatic rings. The molecule has 1 aliphatic carbocycles. The second kappa shape index (κ2) is 4.32. The van der Waals surface area contributed by atoms with E-state index in [1.807, 2.05) is 5.38 Å². The van der Waals surface area contributed by atoms with Crippen LogP contribution >= 0.6 is 11.3 Å².